The number of rotatable bonds is 9. The molecule has 0 saturated carbocycles. The maximum atomic E-state index is 11.8. The first-order chi connectivity index (χ1) is 16.1. The molecule has 4 rings (SSSR count). The number of aliphatic hydroxyl groups excluding tert-OH is 1. The fourth-order valence-corrected chi connectivity index (χ4v) is 4.19. The third-order valence-electron chi connectivity index (χ3n) is 5.81. The van der Waals surface area contributed by atoms with Crippen LogP contribution in [0.5, 0.6) is 11.5 Å². The van der Waals surface area contributed by atoms with E-state index in [1.165, 1.54) is 6.07 Å². The molecule has 174 valence electrons. The van der Waals surface area contributed by atoms with Crippen molar-refractivity contribution in [3.8, 4) is 11.5 Å². The zero-order valence-corrected chi connectivity index (χ0v) is 19.0. The minimum Gasteiger partial charge on any atom is -0.485 e. The number of ether oxygens (including phenoxy) is 3. The largest absolute Gasteiger partial charge is 0.485 e. The topological polar surface area (TPSA) is 80.8 Å². The maximum absolute atomic E-state index is 11.8. The molecule has 2 N–H and O–H groups in total. The summed E-state index contributed by atoms with van der Waals surface area (Å²) in [5.41, 5.74) is 4.63. The van der Waals surface area contributed by atoms with E-state index in [4.69, 9.17) is 14.2 Å². The van der Waals surface area contributed by atoms with E-state index in [2.05, 4.69) is 11.1 Å². The molecule has 1 saturated heterocycles. The van der Waals surface area contributed by atoms with Crippen LogP contribution < -0.4 is 14.9 Å². The predicted molar refractivity (Wildman–Crippen MR) is 127 cm³/mol. The number of H-pyrrole nitrogens is 1. The minimum atomic E-state index is -0.346. The summed E-state index contributed by atoms with van der Waals surface area (Å²) >= 11 is 0. The number of aromatic amines is 1. The lowest BCUT2D eigenvalue weighted by molar-refractivity contribution is -0.107. The van der Waals surface area contributed by atoms with E-state index < -0.39 is 0 Å². The first-order valence-corrected chi connectivity index (χ1v) is 11.5. The monoisotopic (exact) mass is 449 g/mol. The fraction of sp³-hybridized carbons (Fsp3) is 0.370. The Hall–Kier alpha value is -3.09. The van der Waals surface area contributed by atoms with E-state index in [1.807, 2.05) is 37.3 Å². The van der Waals surface area contributed by atoms with Crippen LogP contribution in [0.2, 0.25) is 0 Å². The lowest BCUT2D eigenvalue weighted by atomic mass is 9.95. The van der Waals surface area contributed by atoms with E-state index in [9.17, 15) is 9.90 Å². The van der Waals surface area contributed by atoms with Gasteiger partial charge in [0.1, 0.15) is 6.61 Å². The van der Waals surface area contributed by atoms with Gasteiger partial charge in [-0.2, -0.15) is 0 Å². The van der Waals surface area contributed by atoms with Crippen LogP contribution >= 0.6 is 0 Å². The molecule has 1 aliphatic rings. The second-order valence-electron chi connectivity index (χ2n) is 8.38. The molecule has 0 aliphatic carbocycles. The Balaban J connectivity index is 1.73. The molecule has 0 spiro atoms. The summed E-state index contributed by atoms with van der Waals surface area (Å²) < 4.78 is 18.6. The van der Waals surface area contributed by atoms with Crippen LogP contribution in [0.3, 0.4) is 0 Å². The highest BCUT2D eigenvalue weighted by Crippen LogP contribution is 2.40. The Bertz CT molecular complexity index is 1100. The van der Waals surface area contributed by atoms with Crippen LogP contribution in [0, 0.1) is 6.92 Å². The van der Waals surface area contributed by atoms with Crippen LogP contribution in [-0.4, -0.2) is 29.6 Å². The summed E-state index contributed by atoms with van der Waals surface area (Å²) in [5.74, 6) is 1.29. The van der Waals surface area contributed by atoms with Gasteiger partial charge in [0.2, 0.25) is 0 Å². The Morgan fingerprint density at radius 2 is 1.97 bits per heavy atom. The number of aromatic nitrogens is 1. The van der Waals surface area contributed by atoms with Crippen LogP contribution in [0.15, 0.2) is 59.5 Å². The van der Waals surface area contributed by atoms with Crippen molar-refractivity contribution in [3.63, 3.8) is 0 Å². The van der Waals surface area contributed by atoms with Gasteiger partial charge in [-0.25, -0.2) is 0 Å². The van der Waals surface area contributed by atoms with Gasteiger partial charge in [-0.3, -0.25) is 4.79 Å². The van der Waals surface area contributed by atoms with E-state index >= 15 is 0 Å². The number of hydrogen-bond donors (Lipinski definition) is 2. The van der Waals surface area contributed by atoms with Gasteiger partial charge in [-0.05, 0) is 42.9 Å². The predicted octanol–water partition coefficient (Wildman–Crippen LogP) is 4.29. The van der Waals surface area contributed by atoms with E-state index in [0.717, 1.165) is 47.2 Å². The second kappa shape index (κ2) is 11.2. The molecule has 33 heavy (non-hydrogen) atoms. The number of nitrogens with one attached hydrogen (secondary N) is 1. The van der Waals surface area contributed by atoms with Crippen molar-refractivity contribution < 1.29 is 19.3 Å². The molecule has 3 aromatic rings. The lowest BCUT2D eigenvalue weighted by Crippen LogP contribution is -2.26. The Morgan fingerprint density at radius 3 is 2.70 bits per heavy atom. The summed E-state index contributed by atoms with van der Waals surface area (Å²) in [6.07, 6.45) is 5.13. The van der Waals surface area contributed by atoms with Crippen LogP contribution in [-0.2, 0) is 24.2 Å². The molecule has 6 heteroatoms. The van der Waals surface area contributed by atoms with Crippen molar-refractivity contribution in [1.82, 2.24) is 4.98 Å². The Morgan fingerprint density at radius 1 is 1.12 bits per heavy atom. The van der Waals surface area contributed by atoms with Gasteiger partial charge >= 0.3 is 0 Å². The van der Waals surface area contributed by atoms with Crippen LogP contribution in [0.25, 0.3) is 0 Å². The molecule has 1 aromatic heterocycles. The molecule has 1 aliphatic heterocycles. The van der Waals surface area contributed by atoms with Gasteiger partial charge in [0.05, 0.1) is 6.61 Å². The molecule has 1 unspecified atom stereocenters. The first-order valence-electron chi connectivity index (χ1n) is 11.5. The van der Waals surface area contributed by atoms with E-state index in [0.29, 0.717) is 37.6 Å². The normalized spacial score (nSPS) is 15.9. The number of hydrogen-bond acceptors (Lipinski definition) is 5. The highest BCUT2D eigenvalue weighted by atomic mass is 16.7. The quantitative estimate of drug-likeness (QED) is 0.509. The number of aryl methyl sites for hydroxylation is 1. The zero-order chi connectivity index (χ0) is 23.0. The summed E-state index contributed by atoms with van der Waals surface area (Å²) in [6, 6.07) is 15.2. The molecule has 0 radical (unpaired) electrons. The lowest BCUT2D eigenvalue weighted by Gasteiger charge is -2.28. The molecule has 1 atom stereocenters. The molecule has 1 fully saturated rings. The van der Waals surface area contributed by atoms with Crippen molar-refractivity contribution in [3.05, 3.63) is 92.9 Å². The van der Waals surface area contributed by atoms with Gasteiger partial charge < -0.3 is 24.3 Å². The third-order valence-corrected chi connectivity index (χ3v) is 5.81. The van der Waals surface area contributed by atoms with Crippen molar-refractivity contribution in [1.29, 1.82) is 0 Å². The van der Waals surface area contributed by atoms with Gasteiger partial charge in [-0.1, -0.05) is 36.4 Å². The van der Waals surface area contributed by atoms with Gasteiger partial charge in [-0.15, -0.1) is 0 Å². The Labute approximate surface area is 194 Å². The second-order valence-corrected chi connectivity index (χ2v) is 8.38. The number of aliphatic hydroxyl groups is 1. The fourth-order valence-electron chi connectivity index (χ4n) is 4.19. The molecule has 2 aromatic carbocycles. The average Bonchev–Trinajstić information content (AvgIpc) is 2.82. The van der Waals surface area contributed by atoms with E-state index in [1.54, 1.807) is 12.3 Å². The molecule has 6 nitrogen and oxygen atoms in total. The summed E-state index contributed by atoms with van der Waals surface area (Å²) in [4.78, 5) is 15.0. The van der Waals surface area contributed by atoms with Crippen molar-refractivity contribution in [2.45, 2.75) is 51.9 Å². The average molecular weight is 450 g/mol. The third kappa shape index (κ3) is 6.03. The first kappa shape index (κ1) is 23.1. The van der Waals surface area contributed by atoms with Gasteiger partial charge in [0.25, 0.3) is 0 Å². The standard InChI is InChI=1S/C27H31NO5/c1-19-15-21(16-22-17-23(30)10-12-28-22)24(11-13-29)27(33-25-9-5-6-14-31-25)26(19)32-18-20-7-3-2-4-8-20/h2-4,7-8,10,12,15,17,25,29H,5-6,9,11,13-14,16,18H2,1H3,(H,28,30). The minimum absolute atomic E-state index is 0.0264. The Kier molecular flexibility index (Phi) is 7.81. The van der Waals surface area contributed by atoms with Crippen molar-refractivity contribution in [2.75, 3.05) is 13.2 Å². The van der Waals surface area contributed by atoms with Gasteiger partial charge in [0, 0.05) is 49.0 Å². The molecule has 0 amide bonds. The van der Waals surface area contributed by atoms with Crippen LogP contribution in [0.4, 0.5) is 0 Å². The highest BCUT2D eigenvalue weighted by Gasteiger charge is 2.24. The smallest absolute Gasteiger partial charge is 0.200 e. The summed E-state index contributed by atoms with van der Waals surface area (Å²) in [6.45, 7) is 3.05. The van der Waals surface area contributed by atoms with E-state index in [-0.39, 0.29) is 18.3 Å². The summed E-state index contributed by atoms with van der Waals surface area (Å²) in [5, 5.41) is 9.87. The van der Waals surface area contributed by atoms with Crippen molar-refractivity contribution >= 4 is 0 Å². The zero-order valence-electron chi connectivity index (χ0n) is 19.0. The molecular weight excluding hydrogens is 418 g/mol. The maximum Gasteiger partial charge on any atom is 0.200 e. The van der Waals surface area contributed by atoms with Gasteiger partial charge in [0.15, 0.2) is 23.2 Å². The summed E-state index contributed by atoms with van der Waals surface area (Å²) in [7, 11) is 0. The molecular formula is C27H31NO5. The number of benzene rings is 2. The highest BCUT2D eigenvalue weighted by molar-refractivity contribution is 5.56. The molecule has 2 heterocycles. The van der Waals surface area contributed by atoms with Crippen LogP contribution in [0.1, 0.15) is 47.2 Å². The SMILES string of the molecule is Cc1cc(Cc2cc(=O)cc[nH]2)c(CCO)c(OC2CCCCO2)c1OCc1ccccc1. The van der Waals surface area contributed by atoms with Crippen molar-refractivity contribution in [2.24, 2.45) is 0 Å². The number of pyridine rings is 1. The molecule has 0 bridgehead atoms.